The van der Waals surface area contributed by atoms with Crippen LogP contribution >= 0.6 is 22.6 Å². The molecule has 1 aromatic rings. The summed E-state index contributed by atoms with van der Waals surface area (Å²) in [6.45, 7) is 14.9. The molecule has 132 valence electrons. The highest BCUT2D eigenvalue weighted by molar-refractivity contribution is 14.1. The first kappa shape index (κ1) is 20.9. The van der Waals surface area contributed by atoms with Gasteiger partial charge in [0.15, 0.2) is 6.79 Å². The fourth-order valence-corrected chi connectivity index (χ4v) is 9.73. The van der Waals surface area contributed by atoms with Gasteiger partial charge in [-0.15, -0.1) is 0 Å². The number of benzene rings is 1. The minimum Gasteiger partial charge on any atom is -0.466 e. The highest BCUT2D eigenvalue weighted by atomic mass is 127. The van der Waals surface area contributed by atoms with Gasteiger partial charge < -0.3 is 13.9 Å². The molecule has 0 aliphatic rings. The van der Waals surface area contributed by atoms with E-state index in [9.17, 15) is 0 Å². The van der Waals surface area contributed by atoms with Crippen molar-refractivity contribution in [3.63, 3.8) is 0 Å². The lowest BCUT2D eigenvalue weighted by molar-refractivity contribution is 0.0505. The first-order valence-corrected chi connectivity index (χ1v) is 11.5. The third kappa shape index (κ3) is 5.18. The molecule has 1 aromatic carbocycles. The second kappa shape index (κ2) is 9.39. The van der Waals surface area contributed by atoms with Gasteiger partial charge in [0.1, 0.15) is 5.75 Å². The Morgan fingerprint density at radius 2 is 1.57 bits per heavy atom. The van der Waals surface area contributed by atoms with Crippen LogP contribution in [-0.2, 0) is 15.8 Å². The summed E-state index contributed by atoms with van der Waals surface area (Å²) in [5.74, 6) is 0.858. The van der Waals surface area contributed by atoms with Gasteiger partial charge in [0.05, 0.1) is 10.2 Å². The molecule has 0 aromatic heterocycles. The maximum atomic E-state index is 6.65. The van der Waals surface area contributed by atoms with Crippen molar-refractivity contribution < 1.29 is 13.9 Å². The molecule has 1 rings (SSSR count). The Kier molecular flexibility index (Phi) is 8.55. The lowest BCUT2D eigenvalue weighted by Crippen LogP contribution is -2.47. The molecule has 0 unspecified atom stereocenters. The molecular formula is C18H31IO3Si. The fourth-order valence-electron chi connectivity index (χ4n) is 3.58. The molecule has 0 fully saturated rings. The predicted molar refractivity (Wildman–Crippen MR) is 108 cm³/mol. The highest BCUT2D eigenvalue weighted by Crippen LogP contribution is 2.42. The van der Waals surface area contributed by atoms with Crippen LogP contribution in [0, 0.1) is 3.57 Å². The average Bonchev–Trinajstić information content (AvgIpc) is 2.45. The number of ether oxygens (including phenoxy) is 2. The summed E-state index contributed by atoms with van der Waals surface area (Å²) in [5, 5.41) is 0. The standard InChI is InChI=1S/C18H31IO3Si/c1-13(2)23(14(3)4,15(5)6)22-11-16-8-9-18(17(19)10-16)21-12-20-7/h8-10,13-15H,11-12H2,1-7H3. The third-order valence-corrected chi connectivity index (χ3v) is 11.4. The van der Waals surface area contributed by atoms with Crippen molar-refractivity contribution in [3.8, 4) is 5.75 Å². The molecule has 5 heteroatoms. The molecule has 0 bridgehead atoms. The quantitative estimate of drug-likeness (QED) is 0.264. The zero-order chi connectivity index (χ0) is 17.6. The van der Waals surface area contributed by atoms with E-state index >= 15 is 0 Å². The Hall–Kier alpha value is -0.113. The van der Waals surface area contributed by atoms with Gasteiger partial charge in [-0.3, -0.25) is 0 Å². The van der Waals surface area contributed by atoms with Gasteiger partial charge in [0.25, 0.3) is 0 Å². The summed E-state index contributed by atoms with van der Waals surface area (Å²) in [6, 6.07) is 6.24. The number of hydrogen-bond acceptors (Lipinski definition) is 3. The number of hydrogen-bond donors (Lipinski definition) is 0. The molecule has 0 radical (unpaired) electrons. The molecule has 0 saturated carbocycles. The smallest absolute Gasteiger partial charge is 0.200 e. The summed E-state index contributed by atoms with van der Waals surface area (Å²) in [6.07, 6.45) is 0. The van der Waals surface area contributed by atoms with Crippen molar-refractivity contribution in [1.29, 1.82) is 0 Å². The Morgan fingerprint density at radius 1 is 1.00 bits per heavy atom. The van der Waals surface area contributed by atoms with Crippen molar-refractivity contribution in [2.45, 2.75) is 64.8 Å². The summed E-state index contributed by atoms with van der Waals surface area (Å²) in [7, 11) is -0.188. The molecule has 0 amide bonds. The molecule has 0 saturated heterocycles. The number of halogens is 1. The van der Waals surface area contributed by atoms with Gasteiger partial charge in [-0.05, 0) is 56.9 Å². The van der Waals surface area contributed by atoms with Crippen molar-refractivity contribution in [1.82, 2.24) is 0 Å². The number of methoxy groups -OCH3 is 1. The topological polar surface area (TPSA) is 27.7 Å². The normalized spacial score (nSPS) is 12.5. The third-order valence-electron chi connectivity index (χ3n) is 4.52. The molecule has 0 atom stereocenters. The van der Waals surface area contributed by atoms with Crippen LogP contribution in [0.2, 0.25) is 16.6 Å². The second-order valence-electron chi connectivity index (χ2n) is 6.92. The van der Waals surface area contributed by atoms with E-state index in [1.54, 1.807) is 7.11 Å². The predicted octanol–water partition coefficient (Wildman–Crippen LogP) is 5.97. The van der Waals surface area contributed by atoms with E-state index in [1.807, 2.05) is 6.07 Å². The minimum atomic E-state index is -1.82. The van der Waals surface area contributed by atoms with E-state index in [0.717, 1.165) is 9.32 Å². The van der Waals surface area contributed by atoms with Crippen molar-refractivity contribution in [2.75, 3.05) is 13.9 Å². The summed E-state index contributed by atoms with van der Waals surface area (Å²) in [5.41, 5.74) is 3.01. The van der Waals surface area contributed by atoms with Gasteiger partial charge in [0, 0.05) is 7.11 Å². The van der Waals surface area contributed by atoms with E-state index < -0.39 is 8.32 Å². The Labute approximate surface area is 156 Å². The average molecular weight is 450 g/mol. The maximum Gasteiger partial charge on any atom is 0.200 e. The molecule has 0 aliphatic carbocycles. The van der Waals surface area contributed by atoms with Crippen molar-refractivity contribution in [3.05, 3.63) is 27.3 Å². The van der Waals surface area contributed by atoms with E-state index in [1.165, 1.54) is 5.56 Å². The fraction of sp³-hybridized carbons (Fsp3) is 0.667. The monoisotopic (exact) mass is 450 g/mol. The van der Waals surface area contributed by atoms with Crippen LogP contribution in [0.3, 0.4) is 0 Å². The zero-order valence-electron chi connectivity index (χ0n) is 15.5. The van der Waals surface area contributed by atoms with Crippen molar-refractivity contribution in [2.24, 2.45) is 0 Å². The van der Waals surface area contributed by atoms with Crippen LogP contribution in [0.5, 0.6) is 5.75 Å². The highest BCUT2D eigenvalue weighted by Gasteiger charge is 2.44. The SMILES string of the molecule is COCOc1ccc(CO[Si](C(C)C)(C(C)C)C(C)C)cc1I. The Bertz CT molecular complexity index is 467. The van der Waals surface area contributed by atoms with Crippen LogP contribution < -0.4 is 4.74 Å². The second-order valence-corrected chi connectivity index (χ2v) is 13.5. The number of rotatable bonds is 9. The van der Waals surface area contributed by atoms with Gasteiger partial charge in [-0.2, -0.15) is 0 Å². The molecule has 0 N–H and O–H groups in total. The Balaban J connectivity index is 2.88. The maximum absolute atomic E-state index is 6.65. The summed E-state index contributed by atoms with van der Waals surface area (Å²) < 4.78 is 18.2. The van der Waals surface area contributed by atoms with Gasteiger partial charge in [0.2, 0.25) is 8.32 Å². The lowest BCUT2D eigenvalue weighted by Gasteiger charge is -2.42. The van der Waals surface area contributed by atoms with Crippen LogP contribution in [0.1, 0.15) is 47.1 Å². The lowest BCUT2D eigenvalue weighted by atomic mass is 10.2. The Morgan fingerprint density at radius 3 is 2.00 bits per heavy atom. The minimum absolute atomic E-state index is 0.274. The molecular weight excluding hydrogens is 419 g/mol. The van der Waals surface area contributed by atoms with Crippen LogP contribution in [0.4, 0.5) is 0 Å². The van der Waals surface area contributed by atoms with E-state index in [-0.39, 0.29) is 6.79 Å². The first-order valence-electron chi connectivity index (χ1n) is 8.29. The van der Waals surface area contributed by atoms with Crippen LogP contribution in [0.15, 0.2) is 18.2 Å². The van der Waals surface area contributed by atoms with Crippen LogP contribution in [0.25, 0.3) is 0 Å². The molecule has 0 spiro atoms. The van der Waals surface area contributed by atoms with Gasteiger partial charge in [-0.25, -0.2) is 0 Å². The van der Waals surface area contributed by atoms with Gasteiger partial charge >= 0.3 is 0 Å². The summed E-state index contributed by atoms with van der Waals surface area (Å²) >= 11 is 2.30. The van der Waals surface area contributed by atoms with E-state index in [4.69, 9.17) is 13.9 Å². The first-order chi connectivity index (χ1) is 10.8. The van der Waals surface area contributed by atoms with Crippen molar-refractivity contribution >= 4 is 30.9 Å². The molecule has 3 nitrogen and oxygen atoms in total. The van der Waals surface area contributed by atoms with E-state index in [0.29, 0.717) is 23.2 Å². The van der Waals surface area contributed by atoms with E-state index in [2.05, 4.69) is 76.3 Å². The zero-order valence-corrected chi connectivity index (χ0v) is 18.6. The molecule has 23 heavy (non-hydrogen) atoms. The molecule has 0 heterocycles. The van der Waals surface area contributed by atoms with Gasteiger partial charge in [-0.1, -0.05) is 47.6 Å². The largest absolute Gasteiger partial charge is 0.466 e. The summed E-state index contributed by atoms with van der Waals surface area (Å²) in [4.78, 5) is 0. The van der Waals surface area contributed by atoms with Crippen LogP contribution in [-0.4, -0.2) is 22.2 Å². The molecule has 0 aliphatic heterocycles.